The van der Waals surface area contributed by atoms with Crippen LogP contribution in [-0.2, 0) is 4.74 Å². The van der Waals surface area contributed by atoms with Crippen LogP contribution in [-0.4, -0.2) is 19.9 Å². The summed E-state index contributed by atoms with van der Waals surface area (Å²) in [6.45, 7) is 5.44. The summed E-state index contributed by atoms with van der Waals surface area (Å²) in [6.07, 6.45) is 14.2. The molecule has 2 heteroatoms. The third-order valence-corrected chi connectivity index (χ3v) is 3.21. The van der Waals surface area contributed by atoms with Crippen molar-refractivity contribution in [2.24, 2.45) is 0 Å². The maximum Gasteiger partial charge on any atom is 0.0894 e. The number of hydrogen-bond acceptors (Lipinski definition) is 1. The average Bonchev–Trinajstić information content (AvgIpc) is 2.39. The quantitative estimate of drug-likeness (QED) is 0.353. The van der Waals surface area contributed by atoms with Gasteiger partial charge in [-0.15, -0.1) is 0 Å². The van der Waals surface area contributed by atoms with Crippen molar-refractivity contribution >= 4 is 0 Å². The first-order chi connectivity index (χ1) is 8.91. The SMILES string of the molecule is [CH2]CCCCCCCCCOCCCCCCF. The van der Waals surface area contributed by atoms with E-state index in [4.69, 9.17) is 4.74 Å². The van der Waals surface area contributed by atoms with Crippen molar-refractivity contribution in [1.82, 2.24) is 0 Å². The van der Waals surface area contributed by atoms with Crippen LogP contribution in [0.1, 0.15) is 77.0 Å². The van der Waals surface area contributed by atoms with Gasteiger partial charge in [0.1, 0.15) is 0 Å². The molecular weight excluding hydrogens is 227 g/mol. The summed E-state index contributed by atoms with van der Waals surface area (Å²) in [5.41, 5.74) is 0. The van der Waals surface area contributed by atoms with E-state index in [9.17, 15) is 4.39 Å². The van der Waals surface area contributed by atoms with Gasteiger partial charge in [-0.2, -0.15) is 0 Å². The normalized spacial score (nSPS) is 11.0. The summed E-state index contributed by atoms with van der Waals surface area (Å²) < 4.78 is 17.4. The Hall–Kier alpha value is -0.110. The van der Waals surface area contributed by atoms with Crippen molar-refractivity contribution in [2.45, 2.75) is 77.0 Å². The molecule has 0 rings (SSSR count). The molecule has 0 aromatic heterocycles. The second kappa shape index (κ2) is 16.9. The molecule has 0 saturated carbocycles. The molecule has 0 spiro atoms. The lowest BCUT2D eigenvalue weighted by Crippen LogP contribution is -1.97. The lowest BCUT2D eigenvalue weighted by molar-refractivity contribution is 0.125. The predicted molar refractivity (Wildman–Crippen MR) is 77.6 cm³/mol. The number of ether oxygens (including phenoxy) is 1. The highest BCUT2D eigenvalue weighted by Gasteiger charge is 1.93. The highest BCUT2D eigenvalue weighted by atomic mass is 19.1. The third-order valence-electron chi connectivity index (χ3n) is 3.21. The van der Waals surface area contributed by atoms with E-state index >= 15 is 0 Å². The van der Waals surface area contributed by atoms with E-state index in [1.165, 1.54) is 44.9 Å². The first-order valence-corrected chi connectivity index (χ1v) is 7.84. The molecule has 0 aliphatic heterocycles. The Labute approximate surface area is 113 Å². The van der Waals surface area contributed by atoms with Gasteiger partial charge in [0, 0.05) is 13.2 Å². The molecule has 0 amide bonds. The predicted octanol–water partition coefficient (Wildman–Crippen LogP) is 5.49. The fourth-order valence-corrected chi connectivity index (χ4v) is 2.02. The van der Waals surface area contributed by atoms with Gasteiger partial charge >= 0.3 is 0 Å². The Balaban J connectivity index is 2.86. The molecule has 0 fully saturated rings. The Bertz CT molecular complexity index is 123. The first kappa shape index (κ1) is 17.9. The van der Waals surface area contributed by atoms with Gasteiger partial charge < -0.3 is 4.74 Å². The highest BCUT2D eigenvalue weighted by Crippen LogP contribution is 2.08. The van der Waals surface area contributed by atoms with Crippen LogP contribution < -0.4 is 0 Å². The van der Waals surface area contributed by atoms with E-state index in [2.05, 4.69) is 6.92 Å². The van der Waals surface area contributed by atoms with Crippen LogP contribution in [0.3, 0.4) is 0 Å². The zero-order valence-electron chi connectivity index (χ0n) is 12.1. The molecular formula is C16H32FO. The molecule has 0 aromatic rings. The summed E-state index contributed by atoms with van der Waals surface area (Å²) in [4.78, 5) is 0. The van der Waals surface area contributed by atoms with Crippen molar-refractivity contribution in [3.8, 4) is 0 Å². The van der Waals surface area contributed by atoms with Gasteiger partial charge in [0.25, 0.3) is 0 Å². The molecule has 0 saturated heterocycles. The van der Waals surface area contributed by atoms with E-state index < -0.39 is 0 Å². The van der Waals surface area contributed by atoms with Gasteiger partial charge in [-0.3, -0.25) is 4.39 Å². The second-order valence-electron chi connectivity index (χ2n) is 5.04. The van der Waals surface area contributed by atoms with Crippen LogP contribution in [0.5, 0.6) is 0 Å². The number of halogens is 1. The second-order valence-corrected chi connectivity index (χ2v) is 5.04. The van der Waals surface area contributed by atoms with Crippen molar-refractivity contribution in [3.63, 3.8) is 0 Å². The molecule has 1 nitrogen and oxygen atoms in total. The van der Waals surface area contributed by atoms with Gasteiger partial charge in [0.2, 0.25) is 0 Å². The van der Waals surface area contributed by atoms with E-state index in [0.717, 1.165) is 38.9 Å². The molecule has 1 radical (unpaired) electrons. The van der Waals surface area contributed by atoms with Crippen LogP contribution in [0, 0.1) is 6.92 Å². The number of hydrogen-bond donors (Lipinski definition) is 0. The Morgan fingerprint density at radius 3 is 1.56 bits per heavy atom. The summed E-state index contributed by atoms with van der Waals surface area (Å²) in [6, 6.07) is 0. The molecule has 0 bridgehead atoms. The molecule has 0 heterocycles. The van der Waals surface area contributed by atoms with Gasteiger partial charge in [-0.25, -0.2) is 0 Å². The van der Waals surface area contributed by atoms with Crippen LogP contribution in [0.15, 0.2) is 0 Å². The van der Waals surface area contributed by atoms with Gasteiger partial charge in [0.15, 0.2) is 0 Å². The number of alkyl halides is 1. The highest BCUT2D eigenvalue weighted by molar-refractivity contribution is 4.48. The molecule has 0 atom stereocenters. The zero-order chi connectivity index (χ0) is 13.3. The summed E-state index contributed by atoms with van der Waals surface area (Å²) in [5.74, 6) is 0. The first-order valence-electron chi connectivity index (χ1n) is 7.84. The zero-order valence-corrected chi connectivity index (χ0v) is 12.1. The molecule has 0 aliphatic carbocycles. The molecule has 109 valence electrons. The van der Waals surface area contributed by atoms with E-state index in [1.807, 2.05) is 0 Å². The van der Waals surface area contributed by atoms with Gasteiger partial charge in [0.05, 0.1) is 6.67 Å². The Kier molecular flexibility index (Phi) is 16.8. The van der Waals surface area contributed by atoms with Crippen molar-refractivity contribution in [2.75, 3.05) is 19.9 Å². The number of rotatable bonds is 15. The smallest absolute Gasteiger partial charge is 0.0894 e. The topological polar surface area (TPSA) is 9.23 Å². The van der Waals surface area contributed by atoms with Crippen molar-refractivity contribution < 1.29 is 9.13 Å². The maximum absolute atomic E-state index is 11.8. The van der Waals surface area contributed by atoms with Crippen LogP contribution >= 0.6 is 0 Å². The van der Waals surface area contributed by atoms with E-state index in [1.54, 1.807) is 0 Å². The minimum atomic E-state index is -0.171. The standard InChI is InChI=1S/C16H32FO/c1-2-3-4-5-6-7-9-12-15-18-16-13-10-8-11-14-17/h1-16H2. The summed E-state index contributed by atoms with van der Waals surface area (Å²) >= 11 is 0. The monoisotopic (exact) mass is 259 g/mol. The molecule has 0 aliphatic rings. The Morgan fingerprint density at radius 2 is 1.06 bits per heavy atom. The van der Waals surface area contributed by atoms with Crippen LogP contribution in [0.4, 0.5) is 4.39 Å². The lowest BCUT2D eigenvalue weighted by Gasteiger charge is -2.04. The Morgan fingerprint density at radius 1 is 0.611 bits per heavy atom. The van der Waals surface area contributed by atoms with Crippen molar-refractivity contribution in [1.29, 1.82) is 0 Å². The van der Waals surface area contributed by atoms with Gasteiger partial charge in [-0.1, -0.05) is 64.7 Å². The molecule has 0 N–H and O–H groups in total. The molecule has 18 heavy (non-hydrogen) atoms. The fraction of sp³-hybridized carbons (Fsp3) is 0.938. The summed E-state index contributed by atoms with van der Waals surface area (Å²) in [7, 11) is 0. The molecule has 0 unspecified atom stereocenters. The fourth-order valence-electron chi connectivity index (χ4n) is 2.02. The van der Waals surface area contributed by atoms with Crippen LogP contribution in [0.25, 0.3) is 0 Å². The van der Waals surface area contributed by atoms with Crippen molar-refractivity contribution in [3.05, 3.63) is 6.92 Å². The summed E-state index contributed by atoms with van der Waals surface area (Å²) in [5, 5.41) is 0. The largest absolute Gasteiger partial charge is 0.381 e. The number of unbranched alkanes of at least 4 members (excludes halogenated alkanes) is 10. The van der Waals surface area contributed by atoms with E-state index in [-0.39, 0.29) is 6.67 Å². The van der Waals surface area contributed by atoms with Crippen LogP contribution in [0.2, 0.25) is 0 Å². The third kappa shape index (κ3) is 15.9. The maximum atomic E-state index is 11.8. The molecule has 0 aromatic carbocycles. The lowest BCUT2D eigenvalue weighted by atomic mass is 10.1. The van der Waals surface area contributed by atoms with E-state index in [0.29, 0.717) is 6.42 Å². The minimum Gasteiger partial charge on any atom is -0.381 e. The van der Waals surface area contributed by atoms with Gasteiger partial charge in [-0.05, 0) is 19.3 Å². The minimum absolute atomic E-state index is 0.171. The average molecular weight is 259 g/mol.